The van der Waals surface area contributed by atoms with Crippen molar-refractivity contribution in [2.75, 3.05) is 7.11 Å². The second-order valence-electron chi connectivity index (χ2n) is 4.38. The summed E-state index contributed by atoms with van der Waals surface area (Å²) in [6.45, 7) is 2.09. The van der Waals surface area contributed by atoms with Crippen LogP contribution < -0.4 is 4.74 Å². The van der Waals surface area contributed by atoms with E-state index < -0.39 is 11.7 Å². The fraction of sp³-hybridized carbons (Fsp3) is 0.429. The molecule has 1 aromatic heterocycles. The average molecular weight is 288 g/mol. The summed E-state index contributed by atoms with van der Waals surface area (Å²) < 4.78 is 44.0. The summed E-state index contributed by atoms with van der Waals surface area (Å²) in [4.78, 5) is 0. The van der Waals surface area contributed by atoms with E-state index in [1.807, 2.05) is 0 Å². The van der Waals surface area contributed by atoms with Crippen molar-refractivity contribution in [3.63, 3.8) is 0 Å². The van der Waals surface area contributed by atoms with Crippen molar-refractivity contribution in [2.24, 2.45) is 0 Å². The Labute approximate surface area is 114 Å². The van der Waals surface area contributed by atoms with Gasteiger partial charge in [0.1, 0.15) is 0 Å². The van der Waals surface area contributed by atoms with Gasteiger partial charge in [0, 0.05) is 10.3 Å². The van der Waals surface area contributed by atoms with Crippen molar-refractivity contribution in [3.8, 4) is 5.06 Å². The highest BCUT2D eigenvalue weighted by Crippen LogP contribution is 2.41. The molecule has 0 fully saturated rings. The van der Waals surface area contributed by atoms with Crippen LogP contribution in [0.4, 0.5) is 13.2 Å². The zero-order valence-corrected chi connectivity index (χ0v) is 11.6. The third kappa shape index (κ3) is 2.86. The van der Waals surface area contributed by atoms with E-state index in [-0.39, 0.29) is 0 Å². The highest BCUT2D eigenvalue weighted by molar-refractivity contribution is 7.21. The summed E-state index contributed by atoms with van der Waals surface area (Å²) in [5, 5.41) is 1.60. The Kier molecular flexibility index (Phi) is 4.04. The summed E-state index contributed by atoms with van der Waals surface area (Å²) >= 11 is 1.28. The third-order valence-corrected chi connectivity index (χ3v) is 4.20. The van der Waals surface area contributed by atoms with E-state index >= 15 is 0 Å². The molecule has 1 aromatic carbocycles. The molecule has 0 spiro atoms. The molecule has 0 aliphatic heterocycles. The van der Waals surface area contributed by atoms with Crippen molar-refractivity contribution < 1.29 is 17.9 Å². The minimum atomic E-state index is -4.30. The number of unbranched alkanes of at least 4 members (excludes halogenated alkanes) is 1. The zero-order valence-electron chi connectivity index (χ0n) is 10.8. The Hall–Kier alpha value is -1.23. The summed E-state index contributed by atoms with van der Waals surface area (Å²) in [5.41, 5.74) is 0.420. The normalized spacial score (nSPS) is 12.1. The number of fused-ring (bicyclic) bond motifs is 1. The fourth-order valence-corrected chi connectivity index (χ4v) is 3.16. The molecule has 0 radical (unpaired) electrons. The molecule has 0 aliphatic carbocycles. The number of benzene rings is 1. The van der Waals surface area contributed by atoms with Gasteiger partial charge < -0.3 is 4.74 Å². The first kappa shape index (κ1) is 14.2. The molecule has 0 amide bonds. The Balaban J connectivity index is 2.51. The number of ether oxygens (including phenoxy) is 1. The zero-order chi connectivity index (χ0) is 14.0. The summed E-state index contributed by atoms with van der Waals surface area (Å²) in [5.74, 6) is 0. The first-order valence-corrected chi connectivity index (χ1v) is 6.95. The first-order valence-electron chi connectivity index (χ1n) is 6.14. The molecule has 1 heterocycles. The molecule has 0 atom stereocenters. The SMILES string of the molecule is CCCCc1c(OC)sc2cc(C(F)(F)F)ccc12. The van der Waals surface area contributed by atoms with E-state index in [1.165, 1.54) is 17.4 Å². The molecule has 0 bridgehead atoms. The number of alkyl halides is 3. The minimum absolute atomic E-state index is 0.606. The van der Waals surface area contributed by atoms with Crippen molar-refractivity contribution in [2.45, 2.75) is 32.4 Å². The fourth-order valence-electron chi connectivity index (χ4n) is 2.06. The predicted octanol–water partition coefficient (Wildman–Crippen LogP) is 5.27. The van der Waals surface area contributed by atoms with Gasteiger partial charge in [-0.15, -0.1) is 0 Å². The molecule has 2 rings (SSSR count). The topological polar surface area (TPSA) is 9.23 Å². The second kappa shape index (κ2) is 5.41. The van der Waals surface area contributed by atoms with Gasteiger partial charge in [0.05, 0.1) is 12.7 Å². The lowest BCUT2D eigenvalue weighted by Gasteiger charge is -2.06. The molecular formula is C14H15F3OS. The van der Waals surface area contributed by atoms with Gasteiger partial charge in [-0.3, -0.25) is 0 Å². The quantitative estimate of drug-likeness (QED) is 0.744. The van der Waals surface area contributed by atoms with Gasteiger partial charge in [0.25, 0.3) is 0 Å². The van der Waals surface area contributed by atoms with E-state index in [0.717, 1.165) is 41.3 Å². The van der Waals surface area contributed by atoms with Crippen LogP contribution in [0.1, 0.15) is 30.9 Å². The van der Waals surface area contributed by atoms with Gasteiger partial charge in [-0.05, 0) is 30.4 Å². The molecule has 19 heavy (non-hydrogen) atoms. The number of hydrogen-bond donors (Lipinski definition) is 0. The van der Waals surface area contributed by atoms with Crippen LogP contribution in [0.25, 0.3) is 10.1 Å². The molecule has 1 nitrogen and oxygen atoms in total. The maximum absolute atomic E-state index is 12.7. The summed E-state index contributed by atoms with van der Waals surface area (Å²) in [7, 11) is 1.56. The number of methoxy groups -OCH3 is 1. The van der Waals surface area contributed by atoms with Gasteiger partial charge in [0.15, 0.2) is 5.06 Å². The Morgan fingerprint density at radius 1 is 1.26 bits per heavy atom. The molecule has 0 aliphatic rings. The van der Waals surface area contributed by atoms with Gasteiger partial charge in [-0.25, -0.2) is 0 Å². The van der Waals surface area contributed by atoms with Crippen LogP contribution in [0.3, 0.4) is 0 Å². The van der Waals surface area contributed by atoms with Crippen LogP contribution in [0.15, 0.2) is 18.2 Å². The van der Waals surface area contributed by atoms with Crippen LogP contribution in [0.2, 0.25) is 0 Å². The van der Waals surface area contributed by atoms with E-state index in [4.69, 9.17) is 4.74 Å². The van der Waals surface area contributed by atoms with Crippen molar-refractivity contribution in [3.05, 3.63) is 29.3 Å². The van der Waals surface area contributed by atoms with Crippen molar-refractivity contribution in [1.82, 2.24) is 0 Å². The van der Waals surface area contributed by atoms with Crippen LogP contribution in [0.5, 0.6) is 5.06 Å². The molecule has 0 unspecified atom stereocenters. The Bertz CT molecular complexity index is 572. The van der Waals surface area contributed by atoms with Gasteiger partial charge in [-0.1, -0.05) is 30.7 Å². The lowest BCUT2D eigenvalue weighted by molar-refractivity contribution is -0.137. The molecule has 0 saturated carbocycles. The van der Waals surface area contributed by atoms with Crippen LogP contribution in [-0.2, 0) is 12.6 Å². The maximum atomic E-state index is 12.7. The largest absolute Gasteiger partial charge is 0.487 e. The summed E-state index contributed by atoms with van der Waals surface area (Å²) in [6, 6.07) is 3.91. The molecular weight excluding hydrogens is 273 g/mol. The van der Waals surface area contributed by atoms with E-state index in [9.17, 15) is 13.2 Å². The lowest BCUT2D eigenvalue weighted by atomic mass is 10.1. The molecule has 104 valence electrons. The highest BCUT2D eigenvalue weighted by atomic mass is 32.1. The van der Waals surface area contributed by atoms with Crippen LogP contribution >= 0.6 is 11.3 Å². The highest BCUT2D eigenvalue weighted by Gasteiger charge is 2.31. The number of hydrogen-bond acceptors (Lipinski definition) is 2. The molecule has 0 saturated heterocycles. The van der Waals surface area contributed by atoms with Crippen molar-refractivity contribution >= 4 is 21.4 Å². The predicted molar refractivity (Wildman–Crippen MR) is 72.0 cm³/mol. The number of thiophene rings is 1. The Morgan fingerprint density at radius 3 is 2.58 bits per heavy atom. The molecule has 0 N–H and O–H groups in total. The molecule has 2 aromatic rings. The first-order chi connectivity index (χ1) is 8.97. The number of halogens is 3. The average Bonchev–Trinajstić information content (AvgIpc) is 2.72. The molecule has 5 heteroatoms. The van der Waals surface area contributed by atoms with E-state index in [1.54, 1.807) is 13.2 Å². The maximum Gasteiger partial charge on any atom is 0.416 e. The Morgan fingerprint density at radius 2 is 2.00 bits per heavy atom. The summed E-state index contributed by atoms with van der Waals surface area (Å²) in [6.07, 6.45) is -1.41. The number of aryl methyl sites for hydroxylation is 1. The van der Waals surface area contributed by atoms with Gasteiger partial charge >= 0.3 is 6.18 Å². The van der Waals surface area contributed by atoms with Crippen LogP contribution in [0, 0.1) is 0 Å². The second-order valence-corrected chi connectivity index (χ2v) is 5.40. The smallest absolute Gasteiger partial charge is 0.416 e. The lowest BCUT2D eigenvalue weighted by Crippen LogP contribution is -2.03. The minimum Gasteiger partial charge on any atom is -0.487 e. The van der Waals surface area contributed by atoms with E-state index in [2.05, 4.69) is 6.92 Å². The van der Waals surface area contributed by atoms with Gasteiger partial charge in [0.2, 0.25) is 0 Å². The van der Waals surface area contributed by atoms with Crippen LogP contribution in [-0.4, -0.2) is 7.11 Å². The van der Waals surface area contributed by atoms with Crippen molar-refractivity contribution in [1.29, 1.82) is 0 Å². The van der Waals surface area contributed by atoms with E-state index in [0.29, 0.717) is 4.70 Å². The number of rotatable bonds is 4. The van der Waals surface area contributed by atoms with Gasteiger partial charge in [-0.2, -0.15) is 13.2 Å². The third-order valence-electron chi connectivity index (χ3n) is 3.05. The monoisotopic (exact) mass is 288 g/mol. The standard InChI is InChI=1S/C14H15F3OS/c1-3-4-5-11-10-7-6-9(14(15,16)17)8-12(10)19-13(11)18-2/h6-8H,3-5H2,1-2H3.